The maximum absolute atomic E-state index is 13.3. The Kier molecular flexibility index (Phi) is 6.42. The Labute approximate surface area is 195 Å². The molecule has 0 spiro atoms. The second kappa shape index (κ2) is 9.27. The Morgan fingerprint density at radius 3 is 2.48 bits per heavy atom. The Balaban J connectivity index is 1.45. The summed E-state index contributed by atoms with van der Waals surface area (Å²) in [6.45, 7) is 5.14. The number of amides is 1. The van der Waals surface area contributed by atoms with E-state index in [2.05, 4.69) is 6.07 Å². The number of aryl methyl sites for hydroxylation is 2. The van der Waals surface area contributed by atoms with Crippen LogP contribution in [0.25, 0.3) is 0 Å². The molecule has 1 aliphatic rings. The van der Waals surface area contributed by atoms with E-state index in [0.29, 0.717) is 37.4 Å². The molecule has 0 saturated heterocycles. The molecule has 33 heavy (non-hydrogen) atoms. The Hall–Kier alpha value is -3.32. The van der Waals surface area contributed by atoms with Crippen LogP contribution in [0.1, 0.15) is 27.0 Å². The SMILES string of the molecule is Cc1cc(C)cc(OCCN(C)C(=O)c2cccc(S(=O)(=O)N3CCc4ccccc43)c2)c1. The van der Waals surface area contributed by atoms with Crippen LogP contribution in [0.4, 0.5) is 5.69 Å². The lowest BCUT2D eigenvalue weighted by molar-refractivity contribution is 0.0773. The minimum atomic E-state index is -3.76. The van der Waals surface area contributed by atoms with Crippen LogP contribution in [-0.4, -0.2) is 46.0 Å². The van der Waals surface area contributed by atoms with Crippen molar-refractivity contribution < 1.29 is 17.9 Å². The van der Waals surface area contributed by atoms with Gasteiger partial charge in [-0.1, -0.05) is 30.3 Å². The predicted octanol–water partition coefficient (Wildman–Crippen LogP) is 4.21. The highest BCUT2D eigenvalue weighted by molar-refractivity contribution is 7.92. The summed E-state index contributed by atoms with van der Waals surface area (Å²) in [6, 6.07) is 19.7. The quantitative estimate of drug-likeness (QED) is 0.526. The lowest BCUT2D eigenvalue weighted by Gasteiger charge is -2.21. The molecule has 0 fully saturated rings. The number of anilines is 1. The van der Waals surface area contributed by atoms with Gasteiger partial charge in [0, 0.05) is 19.2 Å². The third kappa shape index (κ3) is 4.88. The second-order valence-corrected chi connectivity index (χ2v) is 10.2. The van der Waals surface area contributed by atoms with Gasteiger partial charge in [0.1, 0.15) is 12.4 Å². The molecule has 0 bridgehead atoms. The minimum Gasteiger partial charge on any atom is -0.492 e. The summed E-state index contributed by atoms with van der Waals surface area (Å²) in [6.07, 6.45) is 0.678. The molecule has 172 valence electrons. The van der Waals surface area contributed by atoms with Crippen LogP contribution in [0, 0.1) is 13.8 Å². The average Bonchev–Trinajstić information content (AvgIpc) is 3.23. The predicted molar refractivity (Wildman–Crippen MR) is 129 cm³/mol. The summed E-state index contributed by atoms with van der Waals surface area (Å²) in [5, 5.41) is 0. The first-order valence-corrected chi connectivity index (χ1v) is 12.4. The van der Waals surface area contributed by atoms with Gasteiger partial charge in [0.2, 0.25) is 0 Å². The second-order valence-electron chi connectivity index (χ2n) is 8.38. The molecule has 7 heteroatoms. The van der Waals surface area contributed by atoms with Gasteiger partial charge in [-0.2, -0.15) is 0 Å². The van der Waals surface area contributed by atoms with E-state index in [0.717, 1.165) is 22.4 Å². The molecule has 3 aromatic carbocycles. The van der Waals surface area contributed by atoms with E-state index in [4.69, 9.17) is 4.74 Å². The normalized spacial score (nSPS) is 13.0. The number of hydrogen-bond acceptors (Lipinski definition) is 4. The molecule has 6 nitrogen and oxygen atoms in total. The lowest BCUT2D eigenvalue weighted by Crippen LogP contribution is -2.32. The molecule has 3 aromatic rings. The van der Waals surface area contributed by atoms with Gasteiger partial charge in [-0.15, -0.1) is 0 Å². The highest BCUT2D eigenvalue weighted by Gasteiger charge is 2.31. The Morgan fingerprint density at radius 1 is 1.00 bits per heavy atom. The Bertz CT molecular complexity index is 1270. The van der Waals surface area contributed by atoms with E-state index < -0.39 is 10.0 Å². The van der Waals surface area contributed by atoms with Crippen molar-refractivity contribution >= 4 is 21.6 Å². The molecular weight excluding hydrogens is 436 g/mol. The standard InChI is InChI=1S/C26H28N2O4S/c1-19-15-20(2)17-23(16-19)32-14-13-27(3)26(29)22-8-6-9-24(18-22)33(30,31)28-12-11-21-7-4-5-10-25(21)28/h4-10,15-18H,11-14H2,1-3H3. The summed E-state index contributed by atoms with van der Waals surface area (Å²) in [7, 11) is -2.07. The van der Waals surface area contributed by atoms with Crippen molar-refractivity contribution in [3.05, 3.63) is 89.0 Å². The highest BCUT2D eigenvalue weighted by atomic mass is 32.2. The highest BCUT2D eigenvalue weighted by Crippen LogP contribution is 2.32. The number of ether oxygens (including phenoxy) is 1. The fourth-order valence-corrected chi connectivity index (χ4v) is 5.66. The summed E-state index contributed by atoms with van der Waals surface area (Å²) in [4.78, 5) is 14.6. The van der Waals surface area contributed by atoms with Crippen molar-refractivity contribution in [1.82, 2.24) is 4.90 Å². The van der Waals surface area contributed by atoms with Crippen molar-refractivity contribution in [2.75, 3.05) is 31.0 Å². The van der Waals surface area contributed by atoms with E-state index >= 15 is 0 Å². The lowest BCUT2D eigenvalue weighted by atomic mass is 10.1. The maximum Gasteiger partial charge on any atom is 0.264 e. The molecule has 1 aliphatic heterocycles. The molecule has 0 aliphatic carbocycles. The van der Waals surface area contributed by atoms with Crippen molar-refractivity contribution in [2.45, 2.75) is 25.2 Å². The molecule has 4 rings (SSSR count). The van der Waals surface area contributed by atoms with E-state index in [1.54, 1.807) is 24.1 Å². The van der Waals surface area contributed by atoms with Gasteiger partial charge >= 0.3 is 0 Å². The van der Waals surface area contributed by atoms with Crippen LogP contribution in [0.3, 0.4) is 0 Å². The number of rotatable bonds is 7. The average molecular weight is 465 g/mol. The van der Waals surface area contributed by atoms with Gasteiger partial charge in [0.25, 0.3) is 15.9 Å². The summed E-state index contributed by atoms with van der Waals surface area (Å²) < 4.78 is 33.8. The molecule has 0 unspecified atom stereocenters. The van der Waals surface area contributed by atoms with Crippen LogP contribution < -0.4 is 9.04 Å². The van der Waals surface area contributed by atoms with Gasteiger partial charge < -0.3 is 9.64 Å². The van der Waals surface area contributed by atoms with E-state index in [1.165, 1.54) is 16.4 Å². The first-order chi connectivity index (χ1) is 15.8. The van der Waals surface area contributed by atoms with Crippen molar-refractivity contribution in [2.24, 2.45) is 0 Å². The number of likely N-dealkylation sites (N-methyl/N-ethyl adjacent to an activating group) is 1. The van der Waals surface area contributed by atoms with Gasteiger partial charge in [-0.25, -0.2) is 8.42 Å². The van der Waals surface area contributed by atoms with E-state index in [-0.39, 0.29) is 10.8 Å². The van der Waals surface area contributed by atoms with Crippen molar-refractivity contribution in [3.8, 4) is 5.75 Å². The number of sulfonamides is 1. The number of nitrogens with zero attached hydrogens (tertiary/aromatic N) is 2. The fraction of sp³-hybridized carbons (Fsp3) is 0.269. The van der Waals surface area contributed by atoms with Gasteiger partial charge in [0.15, 0.2) is 0 Å². The summed E-state index contributed by atoms with van der Waals surface area (Å²) in [5.41, 5.74) is 4.28. The van der Waals surface area contributed by atoms with Crippen molar-refractivity contribution in [1.29, 1.82) is 0 Å². The van der Waals surface area contributed by atoms with Crippen LogP contribution in [-0.2, 0) is 16.4 Å². The van der Waals surface area contributed by atoms with Gasteiger partial charge in [0.05, 0.1) is 17.1 Å². The summed E-state index contributed by atoms with van der Waals surface area (Å²) in [5.74, 6) is 0.519. The van der Waals surface area contributed by atoms with Crippen LogP contribution >= 0.6 is 0 Å². The molecule has 0 saturated carbocycles. The minimum absolute atomic E-state index is 0.116. The third-order valence-electron chi connectivity index (χ3n) is 5.75. The topological polar surface area (TPSA) is 66.9 Å². The van der Waals surface area contributed by atoms with E-state index in [1.807, 2.05) is 50.2 Å². The zero-order valence-electron chi connectivity index (χ0n) is 19.1. The molecule has 1 amide bonds. The number of fused-ring (bicyclic) bond motifs is 1. The molecule has 0 N–H and O–H groups in total. The number of carbonyl (C=O) groups excluding carboxylic acids is 1. The van der Waals surface area contributed by atoms with Gasteiger partial charge in [-0.05, 0) is 73.4 Å². The van der Waals surface area contributed by atoms with E-state index in [9.17, 15) is 13.2 Å². The molecule has 1 heterocycles. The number of para-hydroxylation sites is 1. The van der Waals surface area contributed by atoms with Crippen molar-refractivity contribution in [3.63, 3.8) is 0 Å². The summed E-state index contributed by atoms with van der Waals surface area (Å²) >= 11 is 0. The number of hydrogen-bond donors (Lipinski definition) is 0. The Morgan fingerprint density at radius 2 is 1.73 bits per heavy atom. The first-order valence-electron chi connectivity index (χ1n) is 10.9. The number of benzene rings is 3. The van der Waals surface area contributed by atoms with Gasteiger partial charge in [-0.3, -0.25) is 9.10 Å². The molecule has 0 radical (unpaired) electrons. The number of carbonyl (C=O) groups is 1. The smallest absolute Gasteiger partial charge is 0.264 e. The molecule has 0 aromatic heterocycles. The van der Waals surface area contributed by atoms with Crippen LogP contribution in [0.15, 0.2) is 71.6 Å². The zero-order chi connectivity index (χ0) is 23.6. The largest absolute Gasteiger partial charge is 0.492 e. The molecular formula is C26H28N2O4S. The molecule has 0 atom stereocenters. The third-order valence-corrected chi connectivity index (χ3v) is 7.56. The fourth-order valence-electron chi connectivity index (χ4n) is 4.11. The zero-order valence-corrected chi connectivity index (χ0v) is 19.9. The maximum atomic E-state index is 13.3. The van der Waals surface area contributed by atoms with Crippen LogP contribution in [0.5, 0.6) is 5.75 Å². The monoisotopic (exact) mass is 464 g/mol. The van der Waals surface area contributed by atoms with Crippen LogP contribution in [0.2, 0.25) is 0 Å². The first kappa shape index (κ1) is 22.9.